The third-order valence-electron chi connectivity index (χ3n) is 5.47. The van der Waals surface area contributed by atoms with E-state index in [0.717, 1.165) is 12.0 Å². The molecular weight excluding hydrogens is 408 g/mol. The van der Waals surface area contributed by atoms with Crippen LogP contribution in [0.15, 0.2) is 30.3 Å². The van der Waals surface area contributed by atoms with Crippen LogP contribution in [0.4, 0.5) is 9.59 Å². The molecule has 0 aromatic heterocycles. The smallest absolute Gasteiger partial charge is 0.416 e. The van der Waals surface area contributed by atoms with Gasteiger partial charge in [0.05, 0.1) is 12.6 Å². The number of imide groups is 1. The Morgan fingerprint density at radius 1 is 1.12 bits per heavy atom. The maximum Gasteiger partial charge on any atom is 0.416 e. The summed E-state index contributed by atoms with van der Waals surface area (Å²) in [4.78, 5) is 38.5. The second-order valence-corrected chi connectivity index (χ2v) is 10.2. The van der Waals surface area contributed by atoms with Gasteiger partial charge in [0.1, 0.15) is 6.61 Å². The Balaban J connectivity index is 1.83. The molecule has 1 heterocycles. The lowest BCUT2D eigenvalue weighted by Gasteiger charge is -2.25. The molecule has 0 unspecified atom stereocenters. The van der Waals surface area contributed by atoms with Gasteiger partial charge in [0, 0.05) is 11.5 Å². The van der Waals surface area contributed by atoms with E-state index in [2.05, 4.69) is 12.2 Å². The van der Waals surface area contributed by atoms with Crippen molar-refractivity contribution in [2.45, 2.75) is 72.4 Å². The molecule has 0 aliphatic carbocycles. The fraction of sp³-hybridized carbons (Fsp3) is 0.640. The number of nitrogens with one attached hydrogen (secondary N) is 1. The van der Waals surface area contributed by atoms with Crippen molar-refractivity contribution in [3.8, 4) is 0 Å². The van der Waals surface area contributed by atoms with Crippen LogP contribution in [0, 0.1) is 17.8 Å². The predicted molar refractivity (Wildman–Crippen MR) is 123 cm³/mol. The first-order valence-electron chi connectivity index (χ1n) is 11.4. The zero-order valence-electron chi connectivity index (χ0n) is 20.2. The fourth-order valence-electron chi connectivity index (χ4n) is 4.12. The van der Waals surface area contributed by atoms with Gasteiger partial charge < -0.3 is 14.8 Å². The van der Waals surface area contributed by atoms with Gasteiger partial charge in [0.15, 0.2) is 0 Å². The molecular formula is C25H38N2O5. The van der Waals surface area contributed by atoms with E-state index in [-0.39, 0.29) is 41.8 Å². The maximum absolute atomic E-state index is 13.1. The van der Waals surface area contributed by atoms with Crippen molar-refractivity contribution in [2.75, 3.05) is 13.2 Å². The molecule has 1 saturated heterocycles. The minimum Gasteiger partial charge on any atom is -0.449 e. The average molecular weight is 447 g/mol. The summed E-state index contributed by atoms with van der Waals surface area (Å²) in [5.74, 6) is -0.0787. The summed E-state index contributed by atoms with van der Waals surface area (Å²) in [6.45, 7) is 12.2. The maximum atomic E-state index is 13.1. The minimum atomic E-state index is -0.554. The summed E-state index contributed by atoms with van der Waals surface area (Å²) >= 11 is 0. The Morgan fingerprint density at radius 3 is 2.41 bits per heavy atom. The summed E-state index contributed by atoms with van der Waals surface area (Å²) in [6.07, 6.45) is 1.09. The van der Waals surface area contributed by atoms with Gasteiger partial charge >= 0.3 is 12.2 Å². The first-order valence-corrected chi connectivity index (χ1v) is 11.4. The molecule has 7 heteroatoms. The van der Waals surface area contributed by atoms with E-state index >= 15 is 0 Å². The van der Waals surface area contributed by atoms with Crippen LogP contribution in [0.1, 0.15) is 59.9 Å². The van der Waals surface area contributed by atoms with Crippen LogP contribution in [0.3, 0.4) is 0 Å². The third kappa shape index (κ3) is 8.17. The number of rotatable bonds is 9. The second kappa shape index (κ2) is 11.3. The van der Waals surface area contributed by atoms with Gasteiger partial charge in [-0.3, -0.25) is 4.79 Å². The summed E-state index contributed by atoms with van der Waals surface area (Å²) < 4.78 is 10.5. The van der Waals surface area contributed by atoms with Crippen molar-refractivity contribution in [2.24, 2.45) is 17.8 Å². The van der Waals surface area contributed by atoms with Crippen molar-refractivity contribution in [3.05, 3.63) is 35.9 Å². The third-order valence-corrected chi connectivity index (χ3v) is 5.47. The molecule has 1 aliphatic rings. The number of hydrogen-bond donors (Lipinski definition) is 1. The second-order valence-electron chi connectivity index (χ2n) is 10.2. The Labute approximate surface area is 191 Å². The number of carbonyl (C=O) groups excluding carboxylic acids is 3. The molecule has 1 fully saturated rings. The molecule has 3 amide bonds. The summed E-state index contributed by atoms with van der Waals surface area (Å²) in [7, 11) is 0. The largest absolute Gasteiger partial charge is 0.449 e. The molecule has 1 aromatic carbocycles. The quantitative estimate of drug-likeness (QED) is 0.589. The van der Waals surface area contributed by atoms with Crippen LogP contribution < -0.4 is 5.32 Å². The SMILES string of the molecule is C[C@@H](COC(=O)NC(C)(C)C)C[C@H](C)C[C@H](C)C(=O)N1C(=O)OC[C@@H]1Cc1ccccc1. The molecule has 4 atom stereocenters. The Morgan fingerprint density at radius 2 is 1.78 bits per heavy atom. The lowest BCUT2D eigenvalue weighted by atomic mass is 9.89. The van der Waals surface area contributed by atoms with Crippen molar-refractivity contribution in [3.63, 3.8) is 0 Å². The standard InChI is InChI=1S/C25H38N2O5/c1-17(12-18(2)15-31-23(29)26-25(4,5)6)13-19(3)22(28)27-21(16-32-24(27)30)14-20-10-8-7-9-11-20/h7-11,17-19,21H,12-16H2,1-6H3,(H,26,29)/t17-,18+,19-,21-/m0/s1. The van der Waals surface area contributed by atoms with E-state index in [1.165, 1.54) is 4.90 Å². The average Bonchev–Trinajstić information content (AvgIpc) is 3.05. The summed E-state index contributed by atoms with van der Waals surface area (Å²) in [5, 5.41) is 2.78. The number of alkyl carbamates (subject to hydrolysis) is 1. The summed E-state index contributed by atoms with van der Waals surface area (Å²) in [6, 6.07) is 9.53. The Hall–Kier alpha value is -2.57. The van der Waals surface area contributed by atoms with Crippen LogP contribution in [-0.2, 0) is 20.7 Å². The number of carbonyl (C=O) groups is 3. The van der Waals surface area contributed by atoms with Crippen molar-refractivity contribution in [1.82, 2.24) is 10.2 Å². The van der Waals surface area contributed by atoms with Gasteiger partial charge in [0.25, 0.3) is 0 Å². The molecule has 178 valence electrons. The van der Waals surface area contributed by atoms with E-state index in [1.54, 1.807) is 0 Å². The zero-order valence-corrected chi connectivity index (χ0v) is 20.2. The summed E-state index contributed by atoms with van der Waals surface area (Å²) in [5.41, 5.74) is 0.734. The first-order chi connectivity index (χ1) is 15.0. The van der Waals surface area contributed by atoms with E-state index in [1.807, 2.05) is 65.0 Å². The molecule has 0 saturated carbocycles. The zero-order chi connectivity index (χ0) is 23.9. The minimum absolute atomic E-state index is 0.167. The highest BCUT2D eigenvalue weighted by atomic mass is 16.6. The lowest BCUT2D eigenvalue weighted by Crippen LogP contribution is -2.43. The van der Waals surface area contributed by atoms with Gasteiger partial charge in [-0.25, -0.2) is 14.5 Å². The molecule has 32 heavy (non-hydrogen) atoms. The fourth-order valence-corrected chi connectivity index (χ4v) is 4.12. The molecule has 1 aliphatic heterocycles. The van der Waals surface area contributed by atoms with Crippen LogP contribution in [0.2, 0.25) is 0 Å². The van der Waals surface area contributed by atoms with E-state index in [9.17, 15) is 14.4 Å². The van der Waals surface area contributed by atoms with Gasteiger partial charge in [-0.15, -0.1) is 0 Å². The van der Waals surface area contributed by atoms with Crippen LogP contribution >= 0.6 is 0 Å². The van der Waals surface area contributed by atoms with Crippen LogP contribution in [-0.4, -0.2) is 47.8 Å². The van der Waals surface area contributed by atoms with E-state index < -0.39 is 12.2 Å². The number of nitrogens with zero attached hydrogens (tertiary/aromatic N) is 1. The first kappa shape index (κ1) is 25.7. The topological polar surface area (TPSA) is 84.9 Å². The van der Waals surface area contributed by atoms with E-state index in [4.69, 9.17) is 9.47 Å². The highest BCUT2D eigenvalue weighted by molar-refractivity contribution is 5.94. The number of cyclic esters (lactones) is 1. The monoisotopic (exact) mass is 446 g/mol. The molecule has 1 N–H and O–H groups in total. The molecule has 0 spiro atoms. The van der Waals surface area contributed by atoms with Gasteiger partial charge in [-0.2, -0.15) is 0 Å². The van der Waals surface area contributed by atoms with Crippen LogP contribution in [0.25, 0.3) is 0 Å². The molecule has 0 bridgehead atoms. The number of amides is 3. The van der Waals surface area contributed by atoms with Gasteiger partial charge in [-0.05, 0) is 57.4 Å². The highest BCUT2D eigenvalue weighted by Crippen LogP contribution is 2.25. The van der Waals surface area contributed by atoms with E-state index in [0.29, 0.717) is 19.4 Å². The number of benzene rings is 1. The van der Waals surface area contributed by atoms with Crippen molar-refractivity contribution >= 4 is 18.1 Å². The van der Waals surface area contributed by atoms with Gasteiger partial charge in [-0.1, -0.05) is 51.1 Å². The Kier molecular flexibility index (Phi) is 9.10. The van der Waals surface area contributed by atoms with Gasteiger partial charge in [0.2, 0.25) is 5.91 Å². The van der Waals surface area contributed by atoms with Crippen molar-refractivity contribution in [1.29, 1.82) is 0 Å². The number of hydrogen-bond acceptors (Lipinski definition) is 5. The van der Waals surface area contributed by atoms with Crippen LogP contribution in [0.5, 0.6) is 0 Å². The van der Waals surface area contributed by atoms with Crippen molar-refractivity contribution < 1.29 is 23.9 Å². The highest BCUT2D eigenvalue weighted by Gasteiger charge is 2.39. The molecule has 1 aromatic rings. The molecule has 2 rings (SSSR count). The number of ether oxygens (including phenoxy) is 2. The molecule has 0 radical (unpaired) electrons. The predicted octanol–water partition coefficient (Wildman–Crippen LogP) is 4.79. The Bertz CT molecular complexity index is 774. The lowest BCUT2D eigenvalue weighted by molar-refractivity contribution is -0.133. The normalized spacial score (nSPS) is 19.1. The molecule has 7 nitrogen and oxygen atoms in total.